The molecule has 1 N–H and O–H groups in total. The molecule has 1 aliphatic carbocycles. The van der Waals surface area contributed by atoms with Gasteiger partial charge in [0, 0.05) is 39.8 Å². The van der Waals surface area contributed by atoms with E-state index < -0.39 is 5.41 Å². The minimum atomic E-state index is -0.539. The Labute approximate surface area is 387 Å². The molecule has 10 aromatic rings. The van der Waals surface area contributed by atoms with Crippen molar-refractivity contribution in [2.24, 2.45) is 0 Å². The Balaban J connectivity index is 0.00000238. The maximum Gasteiger partial charge on any atom is 0.142 e. The van der Waals surface area contributed by atoms with Crippen LogP contribution in [0.1, 0.15) is 60.1 Å². The van der Waals surface area contributed by atoms with Gasteiger partial charge in [0.05, 0.1) is 16.8 Å². The van der Waals surface area contributed by atoms with Crippen molar-refractivity contribution in [2.45, 2.75) is 32.1 Å². The average Bonchev–Trinajstić information content (AvgIpc) is 3.92. The summed E-state index contributed by atoms with van der Waals surface area (Å²) in [5.74, 6) is -0.00502. The fourth-order valence-corrected chi connectivity index (χ4v) is 10.6. The standard InChI is InChI=1S/C61H44N2O.C2H6/c1-41(47(51-24-16-25-52-50-23-9-15-32-59(50)64-60(51)52)26-17-39-62-45-36-33-43(34-37-45)42-18-4-2-5-19-42)44-35-38-49-48-22-8-10-27-53(48)61(56(49)40-44)54-28-11-13-30-57(54)63(46-20-6-3-7-21-46)58-31-14-12-29-55(58)61;1-2/h2-41,62H,1H3;1-2H3/b39-17+,47-26+;. The zero-order chi connectivity index (χ0) is 44.6. The van der Waals surface area contributed by atoms with Crippen LogP contribution in [-0.2, 0) is 5.41 Å². The summed E-state index contributed by atoms with van der Waals surface area (Å²) in [7, 11) is 0. The Hall–Kier alpha value is -8.14. The second-order valence-electron chi connectivity index (χ2n) is 16.9. The van der Waals surface area contributed by atoms with Gasteiger partial charge in [0.25, 0.3) is 0 Å². The first kappa shape index (κ1) is 40.6. The van der Waals surface area contributed by atoms with Crippen LogP contribution in [0.15, 0.2) is 241 Å². The van der Waals surface area contributed by atoms with E-state index in [0.29, 0.717) is 0 Å². The van der Waals surface area contributed by atoms with Gasteiger partial charge in [0.2, 0.25) is 0 Å². The van der Waals surface area contributed by atoms with Crippen molar-refractivity contribution >= 4 is 50.3 Å². The van der Waals surface area contributed by atoms with Crippen molar-refractivity contribution in [3.05, 3.63) is 270 Å². The molecule has 0 radical (unpaired) electrons. The van der Waals surface area contributed by atoms with Gasteiger partial charge in [-0.05, 0) is 104 Å². The molecule has 1 atom stereocenters. The highest BCUT2D eigenvalue weighted by Gasteiger charge is 2.51. The third-order valence-corrected chi connectivity index (χ3v) is 13.5. The number of nitrogens with one attached hydrogen (secondary N) is 1. The molecular formula is C63H50N2O. The highest BCUT2D eigenvalue weighted by Crippen LogP contribution is 2.63. The van der Waals surface area contributed by atoms with Gasteiger partial charge < -0.3 is 14.6 Å². The minimum absolute atomic E-state index is 0.00502. The van der Waals surface area contributed by atoms with Crippen LogP contribution in [0.2, 0.25) is 0 Å². The Bertz CT molecular complexity index is 3380. The fraction of sp³-hybridized carbons (Fsp3) is 0.0794. The highest BCUT2D eigenvalue weighted by atomic mass is 16.3. The van der Waals surface area contributed by atoms with Gasteiger partial charge in [-0.1, -0.05) is 203 Å². The largest absolute Gasteiger partial charge is 0.455 e. The third-order valence-electron chi connectivity index (χ3n) is 13.5. The van der Waals surface area contributed by atoms with Gasteiger partial charge in [-0.2, -0.15) is 0 Å². The smallest absolute Gasteiger partial charge is 0.142 e. The van der Waals surface area contributed by atoms with Crippen molar-refractivity contribution in [3.63, 3.8) is 0 Å². The lowest BCUT2D eigenvalue weighted by atomic mass is 9.64. The number of allylic oxidation sites excluding steroid dienone is 3. The average molecular weight is 851 g/mol. The summed E-state index contributed by atoms with van der Waals surface area (Å²) in [6.07, 6.45) is 6.43. The van der Waals surface area contributed by atoms with E-state index >= 15 is 0 Å². The lowest BCUT2D eigenvalue weighted by Gasteiger charge is -2.45. The first-order valence-electron chi connectivity index (χ1n) is 23.2. The minimum Gasteiger partial charge on any atom is -0.455 e. The van der Waals surface area contributed by atoms with Gasteiger partial charge in [0.1, 0.15) is 11.2 Å². The molecule has 0 amide bonds. The predicted molar refractivity (Wildman–Crippen MR) is 278 cm³/mol. The molecule has 1 spiro atoms. The maximum absolute atomic E-state index is 6.72. The summed E-state index contributed by atoms with van der Waals surface area (Å²) in [5.41, 5.74) is 19.5. The van der Waals surface area contributed by atoms with E-state index in [0.717, 1.165) is 38.9 Å². The normalized spacial score (nSPS) is 13.7. The van der Waals surface area contributed by atoms with Gasteiger partial charge in [-0.25, -0.2) is 0 Å². The molecule has 3 heteroatoms. The number of rotatable bonds is 8. The molecule has 3 nitrogen and oxygen atoms in total. The molecule has 0 fully saturated rings. The topological polar surface area (TPSA) is 28.4 Å². The van der Waals surface area contributed by atoms with E-state index in [2.05, 4.69) is 242 Å². The molecular weight excluding hydrogens is 801 g/mol. The molecule has 0 saturated heterocycles. The van der Waals surface area contributed by atoms with Gasteiger partial charge in [-0.15, -0.1) is 0 Å². The SMILES string of the molecule is CC.CC(/C(=C\C=C\Nc1ccc(-c2ccccc2)cc1)c1cccc2c1oc1ccccc12)c1ccc2c(c1)C1(c3ccccc3-2)c2ccccc2N(c2ccccc2)c2ccccc21. The summed E-state index contributed by atoms with van der Waals surface area (Å²) in [5, 5.41) is 5.78. The molecule has 66 heavy (non-hydrogen) atoms. The van der Waals surface area contributed by atoms with E-state index in [9.17, 15) is 0 Å². The zero-order valence-corrected chi connectivity index (χ0v) is 37.4. The van der Waals surface area contributed by atoms with Gasteiger partial charge in [0.15, 0.2) is 0 Å². The van der Waals surface area contributed by atoms with Crippen LogP contribution in [0, 0.1) is 0 Å². The van der Waals surface area contributed by atoms with Crippen molar-refractivity contribution in [1.29, 1.82) is 0 Å². The molecule has 1 aliphatic heterocycles. The number of fused-ring (bicyclic) bond motifs is 12. The van der Waals surface area contributed by atoms with E-state index in [1.165, 1.54) is 67.0 Å². The zero-order valence-electron chi connectivity index (χ0n) is 37.4. The number of nitrogens with zero attached hydrogens (tertiary/aromatic N) is 1. The predicted octanol–water partition coefficient (Wildman–Crippen LogP) is 17.2. The first-order valence-corrected chi connectivity index (χ1v) is 23.2. The number of hydrogen-bond donors (Lipinski definition) is 1. The van der Waals surface area contributed by atoms with Gasteiger partial charge in [-0.3, -0.25) is 0 Å². The fourth-order valence-electron chi connectivity index (χ4n) is 10.6. The third kappa shape index (κ3) is 6.58. The summed E-state index contributed by atoms with van der Waals surface area (Å²) in [6.45, 7) is 6.34. The molecule has 12 rings (SSSR count). The Morgan fingerprint density at radius 2 is 1.12 bits per heavy atom. The Morgan fingerprint density at radius 1 is 0.530 bits per heavy atom. The molecule has 1 aromatic heterocycles. The van der Waals surface area contributed by atoms with E-state index in [1.54, 1.807) is 0 Å². The van der Waals surface area contributed by atoms with Crippen molar-refractivity contribution in [1.82, 2.24) is 0 Å². The molecule has 318 valence electrons. The second-order valence-corrected chi connectivity index (χ2v) is 16.9. The van der Waals surface area contributed by atoms with Crippen LogP contribution in [0.25, 0.3) is 49.8 Å². The van der Waals surface area contributed by atoms with Crippen LogP contribution in [-0.4, -0.2) is 0 Å². The monoisotopic (exact) mass is 850 g/mol. The van der Waals surface area contributed by atoms with Crippen LogP contribution < -0.4 is 10.2 Å². The van der Waals surface area contributed by atoms with Crippen LogP contribution in [0.4, 0.5) is 22.7 Å². The lowest BCUT2D eigenvalue weighted by molar-refractivity contribution is 0.667. The number of benzene rings is 9. The van der Waals surface area contributed by atoms with Crippen molar-refractivity contribution in [3.8, 4) is 22.3 Å². The van der Waals surface area contributed by atoms with E-state index in [-0.39, 0.29) is 5.92 Å². The molecule has 1 unspecified atom stereocenters. The lowest BCUT2D eigenvalue weighted by Crippen LogP contribution is -2.36. The van der Waals surface area contributed by atoms with Crippen molar-refractivity contribution in [2.75, 3.05) is 10.2 Å². The van der Waals surface area contributed by atoms with Crippen LogP contribution in [0.3, 0.4) is 0 Å². The Kier molecular flexibility index (Phi) is 10.5. The summed E-state index contributed by atoms with van der Waals surface area (Å²) >= 11 is 0. The molecule has 2 aliphatic rings. The molecule has 0 saturated carbocycles. The van der Waals surface area contributed by atoms with Crippen LogP contribution >= 0.6 is 0 Å². The first-order chi connectivity index (χ1) is 32.7. The van der Waals surface area contributed by atoms with Crippen molar-refractivity contribution < 1.29 is 4.42 Å². The number of para-hydroxylation sites is 5. The number of furan rings is 1. The van der Waals surface area contributed by atoms with Crippen LogP contribution in [0.5, 0.6) is 0 Å². The van der Waals surface area contributed by atoms with Gasteiger partial charge >= 0.3 is 0 Å². The number of hydrogen-bond acceptors (Lipinski definition) is 3. The highest BCUT2D eigenvalue weighted by molar-refractivity contribution is 6.08. The van der Waals surface area contributed by atoms with E-state index in [1.807, 2.05) is 26.1 Å². The maximum atomic E-state index is 6.72. The second kappa shape index (κ2) is 17.1. The summed E-state index contributed by atoms with van der Waals surface area (Å²) in [6, 6.07) is 79.1. The summed E-state index contributed by atoms with van der Waals surface area (Å²) < 4.78 is 6.72. The molecule has 0 bridgehead atoms. The quantitative estimate of drug-likeness (QED) is 0.154. The summed E-state index contributed by atoms with van der Waals surface area (Å²) in [4.78, 5) is 2.44. The Morgan fingerprint density at radius 3 is 1.86 bits per heavy atom. The van der Waals surface area contributed by atoms with E-state index in [4.69, 9.17) is 4.42 Å². The number of anilines is 4. The molecule has 9 aromatic carbocycles. The molecule has 2 heterocycles.